The monoisotopic (exact) mass is 405 g/mol. The summed E-state index contributed by atoms with van der Waals surface area (Å²) in [6.45, 7) is 1.66. The summed E-state index contributed by atoms with van der Waals surface area (Å²) in [5.41, 5.74) is 4.05. The normalized spacial score (nSPS) is 18.1. The van der Waals surface area contributed by atoms with Gasteiger partial charge in [-0.2, -0.15) is 0 Å². The third-order valence-corrected chi connectivity index (χ3v) is 7.52. The SMILES string of the molecule is O=C1Nc2ccc(S(=O)(=O)Nc3cccc4c3CN(C3CC3)C4)c3cccc1c23. The number of hydrogen-bond acceptors (Lipinski definition) is 4. The van der Waals surface area contributed by atoms with Gasteiger partial charge in [0.05, 0.1) is 10.6 Å². The first-order chi connectivity index (χ1) is 14.0. The first-order valence-electron chi connectivity index (χ1n) is 9.76. The molecular formula is C22H19N3O3S. The number of benzene rings is 3. The van der Waals surface area contributed by atoms with Crippen LogP contribution in [-0.4, -0.2) is 25.3 Å². The molecule has 29 heavy (non-hydrogen) atoms. The van der Waals surface area contributed by atoms with Gasteiger partial charge in [-0.25, -0.2) is 8.42 Å². The molecule has 6 rings (SSSR count). The van der Waals surface area contributed by atoms with Crippen LogP contribution in [0.5, 0.6) is 0 Å². The smallest absolute Gasteiger partial charge is 0.262 e. The highest BCUT2D eigenvalue weighted by atomic mass is 32.2. The molecule has 0 saturated heterocycles. The zero-order valence-electron chi connectivity index (χ0n) is 15.6. The maximum absolute atomic E-state index is 13.3. The molecule has 7 heteroatoms. The molecule has 0 spiro atoms. The van der Waals surface area contributed by atoms with Gasteiger partial charge in [0.15, 0.2) is 0 Å². The Hall–Kier alpha value is -2.90. The number of anilines is 2. The number of nitrogens with one attached hydrogen (secondary N) is 2. The van der Waals surface area contributed by atoms with Crippen molar-refractivity contribution in [1.29, 1.82) is 0 Å². The minimum absolute atomic E-state index is 0.184. The number of amides is 1. The zero-order chi connectivity index (χ0) is 19.8. The van der Waals surface area contributed by atoms with E-state index in [1.165, 1.54) is 18.4 Å². The summed E-state index contributed by atoms with van der Waals surface area (Å²) in [7, 11) is -3.81. The van der Waals surface area contributed by atoms with Gasteiger partial charge in [-0.3, -0.25) is 14.4 Å². The summed E-state index contributed by atoms with van der Waals surface area (Å²) >= 11 is 0. The van der Waals surface area contributed by atoms with Crippen molar-refractivity contribution in [1.82, 2.24) is 4.90 Å². The second-order valence-electron chi connectivity index (χ2n) is 7.98. The molecule has 2 N–H and O–H groups in total. The summed E-state index contributed by atoms with van der Waals surface area (Å²) in [6.07, 6.45) is 2.45. The molecule has 2 heterocycles. The van der Waals surface area contributed by atoms with Gasteiger partial charge >= 0.3 is 0 Å². The van der Waals surface area contributed by atoms with E-state index >= 15 is 0 Å². The second kappa shape index (κ2) is 5.81. The van der Waals surface area contributed by atoms with Crippen LogP contribution in [0.1, 0.15) is 34.3 Å². The molecule has 3 aromatic rings. The Bertz CT molecular complexity index is 1310. The van der Waals surface area contributed by atoms with E-state index in [4.69, 9.17) is 0 Å². The van der Waals surface area contributed by atoms with Crippen molar-refractivity contribution in [2.45, 2.75) is 36.9 Å². The molecule has 0 aromatic heterocycles. The minimum Gasteiger partial charge on any atom is -0.321 e. The molecule has 1 aliphatic carbocycles. The van der Waals surface area contributed by atoms with Gasteiger partial charge in [-0.1, -0.05) is 24.3 Å². The molecule has 0 atom stereocenters. The van der Waals surface area contributed by atoms with Gasteiger partial charge in [-0.15, -0.1) is 0 Å². The Balaban J connectivity index is 1.42. The fraction of sp³-hybridized carbons (Fsp3) is 0.227. The maximum atomic E-state index is 13.3. The molecule has 2 aliphatic heterocycles. The highest BCUT2D eigenvalue weighted by molar-refractivity contribution is 7.93. The fourth-order valence-corrected chi connectivity index (χ4v) is 5.84. The van der Waals surface area contributed by atoms with E-state index < -0.39 is 10.0 Å². The Morgan fingerprint density at radius 1 is 1.00 bits per heavy atom. The number of sulfonamides is 1. The van der Waals surface area contributed by atoms with Crippen molar-refractivity contribution in [2.75, 3.05) is 10.0 Å². The molecule has 0 unspecified atom stereocenters. The van der Waals surface area contributed by atoms with Crippen LogP contribution in [0.2, 0.25) is 0 Å². The first-order valence-corrected chi connectivity index (χ1v) is 11.2. The van der Waals surface area contributed by atoms with Crippen LogP contribution in [0.4, 0.5) is 11.4 Å². The van der Waals surface area contributed by atoms with Crippen LogP contribution < -0.4 is 10.0 Å². The number of hydrogen-bond donors (Lipinski definition) is 2. The summed E-state index contributed by atoms with van der Waals surface area (Å²) in [6, 6.07) is 14.9. The third kappa shape index (κ3) is 2.58. The van der Waals surface area contributed by atoms with Crippen molar-refractivity contribution in [2.24, 2.45) is 0 Å². The average Bonchev–Trinajstić information content (AvgIpc) is 3.37. The van der Waals surface area contributed by atoms with E-state index in [1.54, 1.807) is 30.3 Å². The van der Waals surface area contributed by atoms with Crippen LogP contribution in [0.3, 0.4) is 0 Å². The Labute approximate surface area is 168 Å². The number of nitrogens with zero attached hydrogens (tertiary/aromatic N) is 1. The van der Waals surface area contributed by atoms with Crippen LogP contribution in [-0.2, 0) is 23.1 Å². The molecule has 1 amide bonds. The van der Waals surface area contributed by atoms with E-state index in [0.717, 1.165) is 18.7 Å². The van der Waals surface area contributed by atoms with Crippen LogP contribution in [0.15, 0.2) is 53.4 Å². The number of carbonyl (C=O) groups excluding carboxylic acids is 1. The molecule has 146 valence electrons. The van der Waals surface area contributed by atoms with Crippen molar-refractivity contribution in [3.8, 4) is 0 Å². The van der Waals surface area contributed by atoms with Crippen LogP contribution in [0.25, 0.3) is 10.8 Å². The van der Waals surface area contributed by atoms with E-state index in [9.17, 15) is 13.2 Å². The van der Waals surface area contributed by atoms with Crippen LogP contribution >= 0.6 is 0 Å². The van der Waals surface area contributed by atoms with Crippen molar-refractivity contribution in [3.05, 3.63) is 65.2 Å². The quantitative estimate of drug-likeness (QED) is 0.694. The summed E-state index contributed by atoms with van der Waals surface area (Å²) in [4.78, 5) is 14.7. The van der Waals surface area contributed by atoms with Gasteiger partial charge in [0.2, 0.25) is 0 Å². The lowest BCUT2D eigenvalue weighted by molar-refractivity contribution is 0.103. The zero-order valence-corrected chi connectivity index (χ0v) is 16.4. The van der Waals surface area contributed by atoms with Gasteiger partial charge in [0.1, 0.15) is 0 Å². The molecule has 3 aliphatic rings. The van der Waals surface area contributed by atoms with Gasteiger partial charge in [0.25, 0.3) is 15.9 Å². The molecule has 1 fully saturated rings. The van der Waals surface area contributed by atoms with Crippen LogP contribution in [0, 0.1) is 0 Å². The fourth-order valence-electron chi connectivity index (χ4n) is 4.54. The van der Waals surface area contributed by atoms with E-state index in [-0.39, 0.29) is 10.8 Å². The molecule has 0 bridgehead atoms. The lowest BCUT2D eigenvalue weighted by atomic mass is 10.1. The molecule has 3 aromatic carbocycles. The van der Waals surface area contributed by atoms with E-state index in [0.29, 0.717) is 33.8 Å². The number of carbonyl (C=O) groups is 1. The lowest BCUT2D eigenvalue weighted by Gasteiger charge is -2.15. The maximum Gasteiger partial charge on any atom is 0.262 e. The Morgan fingerprint density at radius 2 is 1.83 bits per heavy atom. The summed E-state index contributed by atoms with van der Waals surface area (Å²) in [5, 5.41) is 4.01. The predicted octanol–water partition coefficient (Wildman–Crippen LogP) is 3.68. The standard InChI is InChI=1S/C22H19N3O3S/c26-22-16-5-2-4-15-20(10-9-19(23-22)21(15)16)29(27,28)24-18-6-1-3-13-11-25(12-17(13)18)14-7-8-14/h1-6,9-10,14,24H,7-8,11-12H2,(H,23,26). The van der Waals surface area contributed by atoms with E-state index in [1.807, 2.05) is 12.1 Å². The van der Waals surface area contributed by atoms with Crippen molar-refractivity contribution in [3.63, 3.8) is 0 Å². The first kappa shape index (κ1) is 17.0. The predicted molar refractivity (Wildman–Crippen MR) is 111 cm³/mol. The highest BCUT2D eigenvalue weighted by Gasteiger charge is 2.34. The van der Waals surface area contributed by atoms with Gasteiger partial charge < -0.3 is 5.32 Å². The average molecular weight is 405 g/mol. The van der Waals surface area contributed by atoms with Gasteiger partial charge in [0, 0.05) is 41.2 Å². The molecule has 1 saturated carbocycles. The number of fused-ring (bicyclic) bond motifs is 1. The molecule has 6 nitrogen and oxygen atoms in total. The lowest BCUT2D eigenvalue weighted by Crippen LogP contribution is -2.19. The summed E-state index contributed by atoms with van der Waals surface area (Å²) in [5.74, 6) is -0.200. The van der Waals surface area contributed by atoms with Gasteiger partial charge in [-0.05, 0) is 48.2 Å². The molecular weight excluding hydrogens is 386 g/mol. The topological polar surface area (TPSA) is 78.5 Å². The third-order valence-electron chi connectivity index (χ3n) is 6.10. The minimum atomic E-state index is -3.81. The summed E-state index contributed by atoms with van der Waals surface area (Å²) < 4.78 is 29.5. The molecule has 0 radical (unpaired) electrons. The Kier molecular flexibility index (Phi) is 3.40. The second-order valence-corrected chi connectivity index (χ2v) is 9.63. The van der Waals surface area contributed by atoms with Crippen molar-refractivity contribution >= 4 is 38.1 Å². The largest absolute Gasteiger partial charge is 0.321 e. The highest BCUT2D eigenvalue weighted by Crippen LogP contribution is 2.39. The van der Waals surface area contributed by atoms with E-state index in [2.05, 4.69) is 21.0 Å². The number of rotatable bonds is 4. The Morgan fingerprint density at radius 3 is 2.66 bits per heavy atom. The van der Waals surface area contributed by atoms with Crippen molar-refractivity contribution < 1.29 is 13.2 Å².